The SMILES string of the molecule is NC(=O)C1CCCN(c2ncccc2CO)C1. The fourth-order valence-electron chi connectivity index (χ4n) is 2.24. The van der Waals surface area contributed by atoms with Crippen molar-refractivity contribution in [3.8, 4) is 0 Å². The number of rotatable bonds is 3. The van der Waals surface area contributed by atoms with Crippen molar-refractivity contribution in [1.82, 2.24) is 4.98 Å². The molecule has 0 spiro atoms. The lowest BCUT2D eigenvalue weighted by atomic mass is 9.97. The molecule has 1 saturated heterocycles. The quantitative estimate of drug-likeness (QED) is 0.788. The molecule has 1 aromatic heterocycles. The van der Waals surface area contributed by atoms with Crippen molar-refractivity contribution in [2.75, 3.05) is 18.0 Å². The van der Waals surface area contributed by atoms with E-state index < -0.39 is 0 Å². The predicted molar refractivity (Wildman–Crippen MR) is 64.3 cm³/mol. The van der Waals surface area contributed by atoms with Crippen molar-refractivity contribution >= 4 is 11.7 Å². The minimum atomic E-state index is -0.254. The van der Waals surface area contributed by atoms with Gasteiger partial charge in [0.1, 0.15) is 5.82 Å². The number of carbonyl (C=O) groups is 1. The number of hydrogen-bond acceptors (Lipinski definition) is 4. The molecule has 92 valence electrons. The first kappa shape index (κ1) is 11.9. The van der Waals surface area contributed by atoms with Crippen LogP contribution in [0.1, 0.15) is 18.4 Å². The van der Waals surface area contributed by atoms with Crippen molar-refractivity contribution in [2.45, 2.75) is 19.4 Å². The fourth-order valence-corrected chi connectivity index (χ4v) is 2.24. The van der Waals surface area contributed by atoms with Gasteiger partial charge in [0.25, 0.3) is 0 Å². The maximum atomic E-state index is 11.2. The monoisotopic (exact) mass is 235 g/mol. The third-order valence-corrected chi connectivity index (χ3v) is 3.16. The van der Waals surface area contributed by atoms with Gasteiger partial charge < -0.3 is 15.7 Å². The number of nitrogens with zero attached hydrogens (tertiary/aromatic N) is 2. The average molecular weight is 235 g/mol. The number of anilines is 1. The summed E-state index contributed by atoms with van der Waals surface area (Å²) in [6.07, 6.45) is 3.46. The highest BCUT2D eigenvalue weighted by molar-refractivity contribution is 5.77. The van der Waals surface area contributed by atoms with Crippen molar-refractivity contribution in [1.29, 1.82) is 0 Å². The van der Waals surface area contributed by atoms with Crippen molar-refractivity contribution in [3.05, 3.63) is 23.9 Å². The van der Waals surface area contributed by atoms with Crippen LogP contribution in [0.4, 0.5) is 5.82 Å². The Balaban J connectivity index is 2.18. The third kappa shape index (κ3) is 2.55. The lowest BCUT2D eigenvalue weighted by Crippen LogP contribution is -2.41. The molecular formula is C12H17N3O2. The van der Waals surface area contributed by atoms with Gasteiger partial charge in [0.05, 0.1) is 12.5 Å². The minimum Gasteiger partial charge on any atom is -0.392 e. The number of aliphatic hydroxyl groups is 1. The Kier molecular flexibility index (Phi) is 3.58. The number of aromatic nitrogens is 1. The highest BCUT2D eigenvalue weighted by atomic mass is 16.3. The molecular weight excluding hydrogens is 218 g/mol. The molecule has 5 nitrogen and oxygen atoms in total. The lowest BCUT2D eigenvalue weighted by Gasteiger charge is -2.33. The first-order valence-corrected chi connectivity index (χ1v) is 5.81. The summed E-state index contributed by atoms with van der Waals surface area (Å²) in [5, 5.41) is 9.27. The summed E-state index contributed by atoms with van der Waals surface area (Å²) in [6, 6.07) is 3.64. The van der Waals surface area contributed by atoms with Crippen LogP contribution in [0.5, 0.6) is 0 Å². The molecule has 1 fully saturated rings. The zero-order chi connectivity index (χ0) is 12.3. The second kappa shape index (κ2) is 5.14. The minimum absolute atomic E-state index is 0.0408. The summed E-state index contributed by atoms with van der Waals surface area (Å²) >= 11 is 0. The van der Waals surface area contributed by atoms with Crippen LogP contribution in [0, 0.1) is 5.92 Å². The van der Waals surface area contributed by atoms with Crippen LogP contribution < -0.4 is 10.6 Å². The van der Waals surface area contributed by atoms with Crippen LogP contribution in [0.3, 0.4) is 0 Å². The van der Waals surface area contributed by atoms with E-state index in [0.717, 1.165) is 30.8 Å². The number of hydrogen-bond donors (Lipinski definition) is 2. The Morgan fingerprint density at radius 2 is 2.47 bits per heavy atom. The standard InChI is InChI=1S/C12H17N3O2/c13-11(17)9-4-2-6-15(7-9)12-10(8-16)3-1-5-14-12/h1,3,5,9,16H,2,4,6-8H2,(H2,13,17). The van der Waals surface area contributed by atoms with Crippen LogP contribution in [0.25, 0.3) is 0 Å². The highest BCUT2D eigenvalue weighted by Crippen LogP contribution is 2.24. The topological polar surface area (TPSA) is 79.5 Å². The second-order valence-electron chi connectivity index (χ2n) is 4.33. The molecule has 0 aromatic carbocycles. The van der Waals surface area contributed by atoms with Crippen LogP contribution >= 0.6 is 0 Å². The van der Waals surface area contributed by atoms with Gasteiger partial charge >= 0.3 is 0 Å². The molecule has 2 heterocycles. The Morgan fingerprint density at radius 3 is 3.18 bits per heavy atom. The first-order chi connectivity index (χ1) is 8.22. The molecule has 1 unspecified atom stereocenters. The molecule has 0 aliphatic carbocycles. The Labute approximate surface area is 100 Å². The molecule has 17 heavy (non-hydrogen) atoms. The van der Waals surface area contributed by atoms with E-state index in [1.54, 1.807) is 12.3 Å². The smallest absolute Gasteiger partial charge is 0.222 e. The highest BCUT2D eigenvalue weighted by Gasteiger charge is 2.25. The Morgan fingerprint density at radius 1 is 1.65 bits per heavy atom. The van der Waals surface area contributed by atoms with Crippen molar-refractivity contribution < 1.29 is 9.90 Å². The Hall–Kier alpha value is -1.62. The zero-order valence-electron chi connectivity index (χ0n) is 9.67. The molecule has 5 heteroatoms. The lowest BCUT2D eigenvalue weighted by molar-refractivity contribution is -0.122. The molecule has 0 radical (unpaired) electrons. The number of nitrogens with two attached hydrogens (primary N) is 1. The predicted octanol–water partition coefficient (Wildman–Crippen LogP) is 0.276. The number of primary amides is 1. The molecule has 1 atom stereocenters. The van der Waals surface area contributed by atoms with Crippen LogP contribution in [-0.4, -0.2) is 29.1 Å². The summed E-state index contributed by atoms with van der Waals surface area (Å²) in [6.45, 7) is 1.41. The molecule has 2 rings (SSSR count). The summed E-state index contributed by atoms with van der Waals surface area (Å²) < 4.78 is 0. The molecule has 3 N–H and O–H groups in total. The number of aliphatic hydroxyl groups excluding tert-OH is 1. The van der Waals surface area contributed by atoms with Crippen molar-refractivity contribution in [3.63, 3.8) is 0 Å². The van der Waals surface area contributed by atoms with E-state index in [-0.39, 0.29) is 18.4 Å². The molecule has 1 amide bonds. The summed E-state index contributed by atoms with van der Waals surface area (Å²) in [5.74, 6) is 0.398. The second-order valence-corrected chi connectivity index (χ2v) is 4.33. The van der Waals surface area contributed by atoms with Gasteiger partial charge in [-0.3, -0.25) is 4.79 Å². The maximum absolute atomic E-state index is 11.2. The molecule has 1 aliphatic rings. The van der Waals surface area contributed by atoms with Gasteiger partial charge in [-0.2, -0.15) is 0 Å². The summed E-state index contributed by atoms with van der Waals surface area (Å²) in [7, 11) is 0. The van der Waals surface area contributed by atoms with Gasteiger partial charge in [0, 0.05) is 24.8 Å². The van der Waals surface area contributed by atoms with Gasteiger partial charge in [-0.05, 0) is 18.9 Å². The number of amides is 1. The van der Waals surface area contributed by atoms with Gasteiger partial charge in [0.2, 0.25) is 5.91 Å². The van der Waals surface area contributed by atoms with E-state index in [2.05, 4.69) is 4.98 Å². The van der Waals surface area contributed by atoms with E-state index in [0.29, 0.717) is 6.54 Å². The van der Waals surface area contributed by atoms with E-state index in [1.807, 2.05) is 11.0 Å². The maximum Gasteiger partial charge on any atom is 0.222 e. The largest absolute Gasteiger partial charge is 0.392 e. The number of carbonyl (C=O) groups excluding carboxylic acids is 1. The van der Waals surface area contributed by atoms with Crippen LogP contribution in [0.2, 0.25) is 0 Å². The fraction of sp³-hybridized carbons (Fsp3) is 0.500. The molecule has 1 aliphatic heterocycles. The van der Waals surface area contributed by atoms with E-state index in [4.69, 9.17) is 5.73 Å². The van der Waals surface area contributed by atoms with Gasteiger partial charge in [-0.15, -0.1) is 0 Å². The van der Waals surface area contributed by atoms with Gasteiger partial charge in [-0.25, -0.2) is 4.98 Å². The zero-order valence-corrected chi connectivity index (χ0v) is 9.67. The van der Waals surface area contributed by atoms with E-state index >= 15 is 0 Å². The Bertz CT molecular complexity index is 408. The normalized spacial score (nSPS) is 20.3. The van der Waals surface area contributed by atoms with Crippen molar-refractivity contribution in [2.24, 2.45) is 11.7 Å². The van der Waals surface area contributed by atoms with Gasteiger partial charge in [0.15, 0.2) is 0 Å². The number of pyridine rings is 1. The molecule has 0 bridgehead atoms. The van der Waals surface area contributed by atoms with Crippen LogP contribution in [0.15, 0.2) is 18.3 Å². The summed E-state index contributed by atoms with van der Waals surface area (Å²) in [4.78, 5) is 17.5. The first-order valence-electron chi connectivity index (χ1n) is 5.81. The van der Waals surface area contributed by atoms with Gasteiger partial charge in [-0.1, -0.05) is 6.07 Å². The molecule has 0 saturated carbocycles. The average Bonchev–Trinajstić information content (AvgIpc) is 2.39. The summed E-state index contributed by atoms with van der Waals surface area (Å²) in [5.41, 5.74) is 6.13. The van der Waals surface area contributed by atoms with Crippen LogP contribution in [-0.2, 0) is 11.4 Å². The number of piperidine rings is 1. The van der Waals surface area contributed by atoms with E-state index in [1.165, 1.54) is 0 Å². The van der Waals surface area contributed by atoms with E-state index in [9.17, 15) is 9.90 Å². The third-order valence-electron chi connectivity index (χ3n) is 3.16. The molecule has 1 aromatic rings.